The third-order valence-electron chi connectivity index (χ3n) is 3.03. The minimum absolute atomic E-state index is 0.108. The van der Waals surface area contributed by atoms with Crippen LogP contribution >= 0.6 is 11.8 Å². The van der Waals surface area contributed by atoms with Crippen molar-refractivity contribution in [1.82, 2.24) is 0 Å². The van der Waals surface area contributed by atoms with Crippen molar-refractivity contribution in [3.63, 3.8) is 0 Å². The molecule has 2 rings (SSSR count). The first kappa shape index (κ1) is 15.0. The van der Waals surface area contributed by atoms with Crippen LogP contribution in [0.3, 0.4) is 0 Å². The van der Waals surface area contributed by atoms with Gasteiger partial charge in [-0.1, -0.05) is 0 Å². The van der Waals surface area contributed by atoms with Crippen LogP contribution in [0.4, 0.5) is 24.5 Å². The Morgan fingerprint density at radius 1 is 1.40 bits per heavy atom. The molecule has 0 aromatic heterocycles. The zero-order chi connectivity index (χ0) is 14.8. The lowest BCUT2D eigenvalue weighted by Crippen LogP contribution is -2.25. The molecule has 1 N–H and O–H groups in total. The molecule has 110 valence electrons. The highest BCUT2D eigenvalue weighted by Gasteiger charge is 2.38. The maximum Gasteiger partial charge on any atom is 0.423 e. The zero-order valence-corrected chi connectivity index (χ0v) is 11.3. The lowest BCUT2D eigenvalue weighted by Gasteiger charge is -2.23. The van der Waals surface area contributed by atoms with Crippen LogP contribution in [0.2, 0.25) is 0 Å². The number of nitrogens with one attached hydrogen (secondary N) is 1. The summed E-state index contributed by atoms with van der Waals surface area (Å²) in [5.74, 6) is 1.89. The molecule has 0 aliphatic carbocycles. The molecule has 20 heavy (non-hydrogen) atoms. The minimum Gasteiger partial charge on any atom is -0.381 e. The third-order valence-corrected chi connectivity index (χ3v) is 4.25. The number of thioether (sulfide) groups is 1. The molecule has 4 nitrogen and oxygen atoms in total. The van der Waals surface area contributed by atoms with Crippen LogP contribution in [0, 0.1) is 10.1 Å². The third kappa shape index (κ3) is 3.56. The fourth-order valence-corrected chi connectivity index (χ4v) is 3.17. The van der Waals surface area contributed by atoms with E-state index in [1.165, 1.54) is 6.07 Å². The maximum atomic E-state index is 12.8. The van der Waals surface area contributed by atoms with Crippen molar-refractivity contribution in [2.24, 2.45) is 0 Å². The Bertz CT molecular complexity index is 502. The lowest BCUT2D eigenvalue weighted by atomic mass is 10.1. The summed E-state index contributed by atoms with van der Waals surface area (Å²) in [4.78, 5) is 9.64. The fourth-order valence-electron chi connectivity index (χ4n) is 2.10. The Morgan fingerprint density at radius 3 is 2.70 bits per heavy atom. The van der Waals surface area contributed by atoms with Crippen LogP contribution in [0.1, 0.15) is 18.4 Å². The number of halogens is 3. The molecule has 1 fully saturated rings. The van der Waals surface area contributed by atoms with Gasteiger partial charge in [-0.15, -0.1) is 0 Å². The van der Waals surface area contributed by atoms with Crippen LogP contribution in [0.15, 0.2) is 18.2 Å². The van der Waals surface area contributed by atoms with Crippen molar-refractivity contribution in [3.05, 3.63) is 33.9 Å². The second-order valence-corrected chi connectivity index (χ2v) is 5.70. The fraction of sp³-hybridized carbons (Fsp3) is 0.500. The summed E-state index contributed by atoms with van der Waals surface area (Å²) < 4.78 is 38.5. The Labute approximate surface area is 117 Å². The molecule has 1 saturated heterocycles. The van der Waals surface area contributed by atoms with Crippen LogP contribution in [0.5, 0.6) is 0 Å². The summed E-state index contributed by atoms with van der Waals surface area (Å²) in [6.45, 7) is 0. The lowest BCUT2D eigenvalue weighted by molar-refractivity contribution is -0.388. The second kappa shape index (κ2) is 5.90. The monoisotopic (exact) mass is 306 g/mol. The smallest absolute Gasteiger partial charge is 0.381 e. The molecule has 0 saturated carbocycles. The van der Waals surface area contributed by atoms with Crippen LogP contribution in [0.25, 0.3) is 0 Å². The highest BCUT2D eigenvalue weighted by molar-refractivity contribution is 7.99. The van der Waals surface area contributed by atoms with Gasteiger partial charge in [-0.05, 0) is 30.7 Å². The molecule has 1 aliphatic rings. The second-order valence-electron chi connectivity index (χ2n) is 4.55. The van der Waals surface area contributed by atoms with Gasteiger partial charge in [0, 0.05) is 23.5 Å². The van der Waals surface area contributed by atoms with E-state index >= 15 is 0 Å². The van der Waals surface area contributed by atoms with Gasteiger partial charge < -0.3 is 5.32 Å². The topological polar surface area (TPSA) is 55.2 Å². The van der Waals surface area contributed by atoms with E-state index in [1.807, 2.05) is 0 Å². The van der Waals surface area contributed by atoms with Gasteiger partial charge in [-0.2, -0.15) is 24.9 Å². The van der Waals surface area contributed by atoms with Gasteiger partial charge in [0.2, 0.25) is 0 Å². The van der Waals surface area contributed by atoms with E-state index in [1.54, 1.807) is 11.8 Å². The molecular weight excluding hydrogens is 293 g/mol. The highest BCUT2D eigenvalue weighted by atomic mass is 32.2. The Kier molecular flexibility index (Phi) is 4.42. The SMILES string of the molecule is O=[N+]([O-])c1ccc(NC2CCCSC2)cc1C(F)(F)F. The van der Waals surface area contributed by atoms with E-state index < -0.39 is 22.4 Å². The van der Waals surface area contributed by atoms with Gasteiger partial charge in [0.25, 0.3) is 5.69 Å². The summed E-state index contributed by atoms with van der Waals surface area (Å²) in [5, 5.41) is 13.7. The number of nitro groups is 1. The van der Waals surface area contributed by atoms with Gasteiger partial charge in [0.15, 0.2) is 0 Å². The van der Waals surface area contributed by atoms with Crippen molar-refractivity contribution in [1.29, 1.82) is 0 Å². The molecule has 1 atom stereocenters. The Morgan fingerprint density at radius 2 is 2.15 bits per heavy atom. The van der Waals surface area contributed by atoms with Gasteiger partial charge in [0.05, 0.1) is 4.92 Å². The molecule has 1 unspecified atom stereocenters. The zero-order valence-electron chi connectivity index (χ0n) is 10.4. The Balaban J connectivity index is 2.25. The predicted octanol–water partition coefficient (Wildman–Crippen LogP) is 3.92. The summed E-state index contributed by atoms with van der Waals surface area (Å²) >= 11 is 1.75. The molecule has 1 aliphatic heterocycles. The minimum atomic E-state index is -4.73. The van der Waals surface area contributed by atoms with Crippen molar-refractivity contribution < 1.29 is 18.1 Å². The van der Waals surface area contributed by atoms with Gasteiger partial charge in [0.1, 0.15) is 5.56 Å². The summed E-state index contributed by atoms with van der Waals surface area (Å²) in [6.07, 6.45) is -2.83. The van der Waals surface area contributed by atoms with Crippen molar-refractivity contribution in [2.45, 2.75) is 25.1 Å². The molecule has 1 heterocycles. The summed E-state index contributed by atoms with van der Waals surface area (Å²) in [5.41, 5.74) is -1.85. The van der Waals surface area contributed by atoms with Crippen LogP contribution in [-0.2, 0) is 6.18 Å². The summed E-state index contributed by atoms with van der Waals surface area (Å²) in [6, 6.07) is 3.15. The number of rotatable bonds is 3. The molecule has 0 bridgehead atoms. The standard InChI is InChI=1S/C12H13F3N2O2S/c13-12(14,15)10-6-8(3-4-11(10)17(18)19)16-9-2-1-5-20-7-9/h3-4,6,9,16H,1-2,5,7H2. The predicted molar refractivity (Wildman–Crippen MR) is 72.1 cm³/mol. The van der Waals surface area contributed by atoms with Gasteiger partial charge in [-0.3, -0.25) is 10.1 Å². The number of anilines is 1. The van der Waals surface area contributed by atoms with E-state index in [0.717, 1.165) is 36.5 Å². The molecule has 0 amide bonds. The van der Waals surface area contributed by atoms with Gasteiger partial charge in [-0.25, -0.2) is 0 Å². The first-order valence-corrected chi connectivity index (χ1v) is 7.23. The van der Waals surface area contributed by atoms with Crippen molar-refractivity contribution in [2.75, 3.05) is 16.8 Å². The van der Waals surface area contributed by atoms with Crippen molar-refractivity contribution >= 4 is 23.1 Å². The van der Waals surface area contributed by atoms with Gasteiger partial charge >= 0.3 is 6.18 Å². The number of nitro benzene ring substituents is 1. The van der Waals surface area contributed by atoms with Crippen molar-refractivity contribution in [3.8, 4) is 0 Å². The molecule has 0 radical (unpaired) electrons. The summed E-state index contributed by atoms with van der Waals surface area (Å²) in [7, 11) is 0. The average Bonchev–Trinajstić information content (AvgIpc) is 2.38. The molecular formula is C12H13F3N2O2S. The first-order chi connectivity index (χ1) is 9.38. The average molecular weight is 306 g/mol. The van der Waals surface area contributed by atoms with E-state index in [9.17, 15) is 23.3 Å². The normalized spacial score (nSPS) is 19.6. The van der Waals surface area contributed by atoms with Crippen LogP contribution < -0.4 is 5.32 Å². The van der Waals surface area contributed by atoms with Crippen LogP contribution in [-0.4, -0.2) is 22.5 Å². The van der Waals surface area contributed by atoms with E-state index in [2.05, 4.69) is 5.32 Å². The molecule has 1 aromatic carbocycles. The number of hydrogen-bond acceptors (Lipinski definition) is 4. The maximum absolute atomic E-state index is 12.8. The Hall–Kier alpha value is -1.44. The number of alkyl halides is 3. The molecule has 0 spiro atoms. The first-order valence-electron chi connectivity index (χ1n) is 6.08. The van der Waals surface area contributed by atoms with E-state index in [4.69, 9.17) is 0 Å². The number of hydrogen-bond donors (Lipinski definition) is 1. The highest BCUT2D eigenvalue weighted by Crippen LogP contribution is 2.37. The number of nitrogens with zero attached hydrogens (tertiary/aromatic N) is 1. The largest absolute Gasteiger partial charge is 0.423 e. The van der Waals surface area contributed by atoms with E-state index in [-0.39, 0.29) is 11.7 Å². The number of benzene rings is 1. The molecule has 1 aromatic rings. The molecule has 8 heteroatoms. The van der Waals surface area contributed by atoms with E-state index in [0.29, 0.717) is 0 Å². The quantitative estimate of drug-likeness (QED) is 0.679.